The van der Waals surface area contributed by atoms with Crippen LogP contribution in [0.15, 0.2) is 0 Å². The highest BCUT2D eigenvalue weighted by atomic mass is 29.1. The second-order valence-electron chi connectivity index (χ2n) is 1.96. The molecule has 0 aromatic heterocycles. The first-order valence-electron chi connectivity index (χ1n) is 3.50. The molecule has 2 unspecified atom stereocenters. The van der Waals surface area contributed by atoms with Crippen molar-refractivity contribution >= 4 is 19.0 Å². The van der Waals surface area contributed by atoms with Crippen LogP contribution in [0, 0.1) is 0 Å². The molecule has 0 spiro atoms. The molecule has 0 fully saturated rings. The fourth-order valence-electron chi connectivity index (χ4n) is 0.599. The summed E-state index contributed by atoms with van der Waals surface area (Å²) in [5.41, 5.74) is 0. The second kappa shape index (κ2) is 6.05. The van der Waals surface area contributed by atoms with Crippen molar-refractivity contribution < 1.29 is 13.9 Å². The third-order valence-electron chi connectivity index (χ3n) is 1.12. The summed E-state index contributed by atoms with van der Waals surface area (Å²) in [6.07, 6.45) is -0.240. The topological polar surface area (TPSA) is 27.7 Å². The van der Waals surface area contributed by atoms with E-state index in [1.165, 1.54) is 9.76 Å². The lowest BCUT2D eigenvalue weighted by Crippen LogP contribution is -2.22. The fourth-order valence-corrected chi connectivity index (χ4v) is 2.56. The van der Waals surface area contributed by atoms with Gasteiger partial charge in [-0.1, -0.05) is 0 Å². The molecule has 0 saturated carbocycles. The minimum absolute atomic E-state index is 0.0842. The minimum Gasteiger partial charge on any atom is -0.404 e. The van der Waals surface area contributed by atoms with Crippen molar-refractivity contribution in [2.24, 2.45) is 0 Å². The number of hydrogen-bond acceptors (Lipinski definition) is 3. The van der Waals surface area contributed by atoms with Crippen molar-refractivity contribution in [2.45, 2.75) is 26.4 Å². The summed E-state index contributed by atoms with van der Waals surface area (Å²) in [5, 5.41) is 0. The van der Waals surface area contributed by atoms with Gasteiger partial charge in [-0.15, -0.1) is 0 Å². The van der Waals surface area contributed by atoms with E-state index in [1.807, 2.05) is 13.8 Å². The molecule has 2 atom stereocenters. The average Bonchev–Trinajstić information content (AvgIpc) is 1.88. The van der Waals surface area contributed by atoms with Crippen molar-refractivity contribution in [3.63, 3.8) is 0 Å². The van der Waals surface area contributed by atoms with Gasteiger partial charge in [-0.05, 0) is 13.8 Å². The summed E-state index contributed by atoms with van der Waals surface area (Å²) < 4.78 is 15.5. The van der Waals surface area contributed by atoms with Gasteiger partial charge in [0.2, 0.25) is 0 Å². The largest absolute Gasteiger partial charge is 0.404 e. The molecule has 0 rings (SSSR count). The summed E-state index contributed by atoms with van der Waals surface area (Å²) in [5.74, 6) is 0. The van der Waals surface area contributed by atoms with E-state index in [1.54, 1.807) is 7.11 Å². The van der Waals surface area contributed by atoms with Gasteiger partial charge < -0.3 is 13.9 Å². The van der Waals surface area contributed by atoms with Crippen LogP contribution in [0.25, 0.3) is 0 Å². The molecule has 0 amide bonds. The molecule has 5 heteroatoms. The van der Waals surface area contributed by atoms with Crippen LogP contribution in [-0.2, 0) is 13.9 Å². The van der Waals surface area contributed by atoms with Gasteiger partial charge in [0, 0.05) is 16.9 Å². The Balaban J connectivity index is 3.27. The minimum atomic E-state index is -0.226. The lowest BCUT2D eigenvalue weighted by molar-refractivity contribution is -0.192. The molecule has 0 saturated heterocycles. The maximum absolute atomic E-state index is 5.31. The lowest BCUT2D eigenvalue weighted by atomic mass is 10.7. The molecule has 0 aliphatic carbocycles. The van der Waals surface area contributed by atoms with Crippen LogP contribution in [0.4, 0.5) is 0 Å². The van der Waals surface area contributed by atoms with Crippen LogP contribution in [0.5, 0.6) is 0 Å². The van der Waals surface area contributed by atoms with E-state index in [0.717, 1.165) is 0 Å². The van der Waals surface area contributed by atoms with Gasteiger partial charge in [0.1, 0.15) is 15.6 Å². The predicted octanol–water partition coefficient (Wildman–Crippen LogP) is -1.28. The Morgan fingerprint density at radius 1 is 1.30 bits per heavy atom. The Kier molecular flexibility index (Phi) is 6.24. The Labute approximate surface area is 67.2 Å². The second-order valence-corrected chi connectivity index (χ2v) is 4.61. The summed E-state index contributed by atoms with van der Waals surface area (Å²) >= 11 is 0. The molecule has 10 heavy (non-hydrogen) atoms. The first-order valence-corrected chi connectivity index (χ1v) is 9.74. The van der Waals surface area contributed by atoms with E-state index < -0.39 is 0 Å². The summed E-state index contributed by atoms with van der Waals surface area (Å²) in [4.78, 5) is 0. The molecule has 0 N–H and O–H groups in total. The standard InChI is InChI=1S/C5H16O3Si2/c1-4(6-3)7-5(2)8-10-9/h4-5H,10H2,1-3,9H3. The zero-order valence-electron chi connectivity index (χ0n) is 7.09. The van der Waals surface area contributed by atoms with E-state index in [0.29, 0.717) is 0 Å². The smallest absolute Gasteiger partial charge is 0.157 e. The molecule has 0 aliphatic heterocycles. The number of methoxy groups -OCH3 is 1. The predicted molar refractivity (Wildman–Crippen MR) is 46.6 cm³/mol. The molecule has 62 valence electrons. The zero-order valence-corrected chi connectivity index (χ0v) is 10.5. The van der Waals surface area contributed by atoms with Crippen molar-refractivity contribution in [2.75, 3.05) is 7.11 Å². The van der Waals surface area contributed by atoms with Gasteiger partial charge in [-0.3, -0.25) is 0 Å². The first-order chi connectivity index (χ1) is 4.70. The zero-order chi connectivity index (χ0) is 7.98. The van der Waals surface area contributed by atoms with E-state index >= 15 is 0 Å². The number of rotatable bonds is 5. The van der Waals surface area contributed by atoms with E-state index in [-0.39, 0.29) is 21.9 Å². The Bertz CT molecular complexity index is 81.3. The summed E-state index contributed by atoms with van der Waals surface area (Å²) in [6.45, 7) is 3.76. The monoisotopic (exact) mass is 180 g/mol. The molecule has 0 aromatic rings. The Hall–Kier alpha value is 0.314. The third-order valence-corrected chi connectivity index (χ3v) is 2.92. The number of hydrogen-bond donors (Lipinski definition) is 0. The molecular weight excluding hydrogens is 164 g/mol. The number of ether oxygens (including phenoxy) is 2. The van der Waals surface area contributed by atoms with Gasteiger partial charge in [-0.2, -0.15) is 0 Å². The molecule has 0 aliphatic rings. The molecule has 0 bridgehead atoms. The molecule has 3 nitrogen and oxygen atoms in total. The van der Waals surface area contributed by atoms with Crippen molar-refractivity contribution in [3.05, 3.63) is 0 Å². The molecule has 0 heterocycles. The van der Waals surface area contributed by atoms with Crippen LogP contribution >= 0.6 is 0 Å². The van der Waals surface area contributed by atoms with Gasteiger partial charge >= 0.3 is 0 Å². The van der Waals surface area contributed by atoms with E-state index in [2.05, 4.69) is 0 Å². The third kappa shape index (κ3) is 5.13. The van der Waals surface area contributed by atoms with Crippen LogP contribution in [-0.4, -0.2) is 38.7 Å². The van der Waals surface area contributed by atoms with Crippen molar-refractivity contribution in [3.8, 4) is 0 Å². The van der Waals surface area contributed by atoms with E-state index in [9.17, 15) is 0 Å². The Morgan fingerprint density at radius 3 is 2.30 bits per heavy atom. The summed E-state index contributed by atoms with van der Waals surface area (Å²) in [6, 6.07) is 0. The van der Waals surface area contributed by atoms with Gasteiger partial charge in [0.15, 0.2) is 6.29 Å². The summed E-state index contributed by atoms with van der Waals surface area (Å²) in [7, 11) is 2.58. The van der Waals surface area contributed by atoms with Crippen LogP contribution in [0.3, 0.4) is 0 Å². The lowest BCUT2D eigenvalue weighted by Gasteiger charge is -2.17. The molecular formula is C5H16O3Si2. The van der Waals surface area contributed by atoms with Gasteiger partial charge in [0.25, 0.3) is 0 Å². The first kappa shape index (κ1) is 10.3. The molecule has 0 aromatic carbocycles. The maximum atomic E-state index is 5.31. The highest BCUT2D eigenvalue weighted by Crippen LogP contribution is 1.98. The molecule has 0 radical (unpaired) electrons. The highest BCUT2D eigenvalue weighted by molar-refractivity contribution is 6.85. The highest BCUT2D eigenvalue weighted by Gasteiger charge is 2.04. The van der Waals surface area contributed by atoms with Gasteiger partial charge in [0.05, 0.1) is 0 Å². The van der Waals surface area contributed by atoms with E-state index in [4.69, 9.17) is 13.9 Å². The van der Waals surface area contributed by atoms with Crippen LogP contribution in [0.2, 0.25) is 0 Å². The fraction of sp³-hybridized carbons (Fsp3) is 1.00. The quantitative estimate of drug-likeness (QED) is 0.390. The normalized spacial score (nSPS) is 18.3. The van der Waals surface area contributed by atoms with Crippen molar-refractivity contribution in [1.82, 2.24) is 0 Å². The Morgan fingerprint density at radius 2 is 1.90 bits per heavy atom. The van der Waals surface area contributed by atoms with Crippen LogP contribution in [0.1, 0.15) is 13.8 Å². The maximum Gasteiger partial charge on any atom is 0.157 e. The van der Waals surface area contributed by atoms with Crippen LogP contribution < -0.4 is 0 Å². The average molecular weight is 180 g/mol. The van der Waals surface area contributed by atoms with Crippen molar-refractivity contribution in [1.29, 1.82) is 0 Å². The van der Waals surface area contributed by atoms with Gasteiger partial charge in [-0.25, -0.2) is 0 Å². The SMILES string of the molecule is COC(C)OC(C)O[SiH2][SiH3].